The van der Waals surface area contributed by atoms with Crippen LogP contribution in [0.15, 0.2) is 12.2 Å². The molecule has 2 rings (SSSR count). The summed E-state index contributed by atoms with van der Waals surface area (Å²) in [5, 5.41) is 12.7. The summed E-state index contributed by atoms with van der Waals surface area (Å²) in [6.45, 7) is 7.14. The van der Waals surface area contributed by atoms with Gasteiger partial charge < -0.3 is 15.3 Å². The standard InChI is InChI=1S/C13H24N2O/c1-10(7-14-12-3-4-12)8-15(2)9-11-5-13(16)6-11/h11-14,16H,1,3-9H2,2H3. The number of hydrogen-bond donors (Lipinski definition) is 2. The summed E-state index contributed by atoms with van der Waals surface area (Å²) in [6, 6.07) is 0.767. The van der Waals surface area contributed by atoms with E-state index >= 15 is 0 Å². The van der Waals surface area contributed by atoms with E-state index in [2.05, 4.69) is 23.8 Å². The Morgan fingerprint density at radius 3 is 2.69 bits per heavy atom. The van der Waals surface area contributed by atoms with Crippen LogP contribution in [-0.2, 0) is 0 Å². The minimum absolute atomic E-state index is 0.0295. The molecule has 0 aromatic rings. The highest BCUT2D eigenvalue weighted by atomic mass is 16.3. The Morgan fingerprint density at radius 2 is 2.12 bits per heavy atom. The smallest absolute Gasteiger partial charge is 0.0546 e. The molecule has 0 aliphatic heterocycles. The van der Waals surface area contributed by atoms with Crippen LogP contribution in [-0.4, -0.2) is 48.8 Å². The van der Waals surface area contributed by atoms with Crippen LogP contribution in [0, 0.1) is 5.92 Å². The van der Waals surface area contributed by atoms with Gasteiger partial charge in [-0.25, -0.2) is 0 Å². The zero-order valence-electron chi connectivity index (χ0n) is 10.3. The Labute approximate surface area is 98.5 Å². The molecule has 3 nitrogen and oxygen atoms in total. The number of hydrogen-bond acceptors (Lipinski definition) is 3. The van der Waals surface area contributed by atoms with E-state index in [1.54, 1.807) is 0 Å². The Balaban J connectivity index is 1.54. The summed E-state index contributed by atoms with van der Waals surface area (Å²) in [4.78, 5) is 2.33. The highest BCUT2D eigenvalue weighted by Crippen LogP contribution is 2.27. The van der Waals surface area contributed by atoms with Gasteiger partial charge in [-0.05, 0) is 44.2 Å². The summed E-state index contributed by atoms with van der Waals surface area (Å²) in [6.07, 6.45) is 4.61. The van der Waals surface area contributed by atoms with Crippen LogP contribution in [0.25, 0.3) is 0 Å². The van der Waals surface area contributed by atoms with Gasteiger partial charge in [-0.15, -0.1) is 0 Å². The molecule has 0 aromatic heterocycles. The molecule has 3 heteroatoms. The Bertz CT molecular complexity index is 244. The molecule has 0 heterocycles. The Morgan fingerprint density at radius 1 is 1.44 bits per heavy atom. The van der Waals surface area contributed by atoms with Gasteiger partial charge in [0.15, 0.2) is 0 Å². The van der Waals surface area contributed by atoms with Gasteiger partial charge in [0, 0.05) is 25.7 Å². The van der Waals surface area contributed by atoms with Crippen molar-refractivity contribution in [2.45, 2.75) is 37.8 Å². The van der Waals surface area contributed by atoms with Gasteiger partial charge in [-0.2, -0.15) is 0 Å². The number of nitrogens with one attached hydrogen (secondary N) is 1. The highest BCUT2D eigenvalue weighted by Gasteiger charge is 2.27. The average molecular weight is 224 g/mol. The van der Waals surface area contributed by atoms with E-state index in [0.29, 0.717) is 5.92 Å². The molecule has 16 heavy (non-hydrogen) atoms. The van der Waals surface area contributed by atoms with Gasteiger partial charge >= 0.3 is 0 Å². The van der Waals surface area contributed by atoms with E-state index in [1.165, 1.54) is 18.4 Å². The molecule has 2 fully saturated rings. The summed E-state index contributed by atoms with van der Waals surface area (Å²) >= 11 is 0. The largest absolute Gasteiger partial charge is 0.393 e. The van der Waals surface area contributed by atoms with Crippen molar-refractivity contribution in [2.24, 2.45) is 5.92 Å². The topological polar surface area (TPSA) is 35.5 Å². The lowest BCUT2D eigenvalue weighted by molar-refractivity contribution is 0.0295. The lowest BCUT2D eigenvalue weighted by Crippen LogP contribution is -2.38. The fourth-order valence-electron chi connectivity index (χ4n) is 2.37. The quantitative estimate of drug-likeness (QED) is 0.633. The molecular weight excluding hydrogens is 200 g/mol. The highest BCUT2D eigenvalue weighted by molar-refractivity contribution is 5.01. The normalized spacial score (nSPS) is 29.2. The van der Waals surface area contributed by atoms with Crippen LogP contribution in [0.1, 0.15) is 25.7 Å². The minimum atomic E-state index is -0.0295. The molecule has 0 radical (unpaired) electrons. The second-order valence-corrected chi connectivity index (χ2v) is 5.59. The summed E-state index contributed by atoms with van der Waals surface area (Å²) in [5.74, 6) is 0.698. The Hall–Kier alpha value is -0.380. The third-order valence-electron chi connectivity index (χ3n) is 3.49. The molecule has 0 saturated heterocycles. The van der Waals surface area contributed by atoms with E-state index in [9.17, 15) is 5.11 Å². The van der Waals surface area contributed by atoms with Gasteiger partial charge in [0.2, 0.25) is 0 Å². The maximum Gasteiger partial charge on any atom is 0.0546 e. The molecular formula is C13H24N2O. The third kappa shape index (κ3) is 3.89. The lowest BCUT2D eigenvalue weighted by Gasteiger charge is -2.34. The zero-order valence-corrected chi connectivity index (χ0v) is 10.3. The number of aliphatic hydroxyl groups is 1. The molecule has 0 aromatic carbocycles. The van der Waals surface area contributed by atoms with Crippen LogP contribution >= 0.6 is 0 Å². The first-order valence-corrected chi connectivity index (χ1v) is 6.40. The number of aliphatic hydroxyl groups excluding tert-OH is 1. The van der Waals surface area contributed by atoms with Crippen molar-refractivity contribution in [3.8, 4) is 0 Å². The van der Waals surface area contributed by atoms with E-state index in [-0.39, 0.29) is 6.10 Å². The van der Waals surface area contributed by atoms with Crippen molar-refractivity contribution in [1.82, 2.24) is 10.2 Å². The fraction of sp³-hybridized carbons (Fsp3) is 0.846. The molecule has 2 aliphatic carbocycles. The third-order valence-corrected chi connectivity index (χ3v) is 3.49. The molecule has 2 N–H and O–H groups in total. The van der Waals surface area contributed by atoms with E-state index in [0.717, 1.165) is 38.5 Å². The average Bonchev–Trinajstić information content (AvgIpc) is 2.95. The minimum Gasteiger partial charge on any atom is -0.393 e. The van der Waals surface area contributed by atoms with Gasteiger partial charge in [0.25, 0.3) is 0 Å². The molecule has 0 atom stereocenters. The SMILES string of the molecule is C=C(CNC1CC1)CN(C)CC1CC(O)C1. The maximum atomic E-state index is 9.22. The molecule has 0 bridgehead atoms. The molecule has 2 saturated carbocycles. The number of rotatable bonds is 7. The van der Waals surface area contributed by atoms with Crippen LogP contribution in [0.3, 0.4) is 0 Å². The van der Waals surface area contributed by atoms with Gasteiger partial charge in [-0.3, -0.25) is 0 Å². The van der Waals surface area contributed by atoms with E-state index in [1.807, 2.05) is 0 Å². The van der Waals surface area contributed by atoms with Crippen molar-refractivity contribution in [3.05, 3.63) is 12.2 Å². The van der Waals surface area contributed by atoms with E-state index in [4.69, 9.17) is 0 Å². The second kappa shape index (κ2) is 5.30. The molecule has 0 amide bonds. The molecule has 0 spiro atoms. The van der Waals surface area contributed by atoms with Crippen molar-refractivity contribution < 1.29 is 5.11 Å². The lowest BCUT2D eigenvalue weighted by atomic mass is 9.82. The summed E-state index contributed by atoms with van der Waals surface area (Å²) in [7, 11) is 2.15. The molecule has 92 valence electrons. The van der Waals surface area contributed by atoms with Crippen LogP contribution < -0.4 is 5.32 Å². The summed E-state index contributed by atoms with van der Waals surface area (Å²) < 4.78 is 0. The predicted octanol–water partition coefficient (Wildman–Crippen LogP) is 0.997. The zero-order chi connectivity index (χ0) is 11.5. The first-order valence-electron chi connectivity index (χ1n) is 6.40. The number of nitrogens with zero attached hydrogens (tertiary/aromatic N) is 1. The van der Waals surface area contributed by atoms with Gasteiger partial charge in [0.1, 0.15) is 0 Å². The Kier molecular flexibility index (Phi) is 4.00. The van der Waals surface area contributed by atoms with Crippen LogP contribution in [0.4, 0.5) is 0 Å². The number of likely N-dealkylation sites (N-methyl/N-ethyl adjacent to an activating group) is 1. The van der Waals surface area contributed by atoms with Crippen LogP contribution in [0.5, 0.6) is 0 Å². The summed E-state index contributed by atoms with van der Waals surface area (Å²) in [5.41, 5.74) is 1.27. The first kappa shape index (κ1) is 12.1. The first-order chi connectivity index (χ1) is 7.63. The maximum absolute atomic E-state index is 9.22. The van der Waals surface area contributed by atoms with Gasteiger partial charge in [0.05, 0.1) is 6.10 Å². The molecule has 2 aliphatic rings. The van der Waals surface area contributed by atoms with Gasteiger partial charge in [-0.1, -0.05) is 6.58 Å². The fourth-order valence-corrected chi connectivity index (χ4v) is 2.37. The second-order valence-electron chi connectivity index (χ2n) is 5.59. The van der Waals surface area contributed by atoms with Crippen molar-refractivity contribution in [2.75, 3.05) is 26.7 Å². The van der Waals surface area contributed by atoms with Crippen LogP contribution in [0.2, 0.25) is 0 Å². The molecule has 0 unspecified atom stereocenters. The van der Waals surface area contributed by atoms with E-state index < -0.39 is 0 Å². The van der Waals surface area contributed by atoms with Crippen molar-refractivity contribution >= 4 is 0 Å². The predicted molar refractivity (Wildman–Crippen MR) is 66.4 cm³/mol. The monoisotopic (exact) mass is 224 g/mol. The van der Waals surface area contributed by atoms with Crippen molar-refractivity contribution in [1.29, 1.82) is 0 Å². The van der Waals surface area contributed by atoms with Crippen molar-refractivity contribution in [3.63, 3.8) is 0 Å².